The average molecular weight is 376 g/mol. The summed E-state index contributed by atoms with van der Waals surface area (Å²) in [5, 5.41) is 2.51. The molecule has 2 N–H and O–H groups in total. The molecular formula is C19H20F2N3O3+. The first kappa shape index (κ1) is 17.5. The molecule has 1 saturated heterocycles. The molecule has 0 bridgehead atoms. The molecule has 2 aromatic rings. The summed E-state index contributed by atoms with van der Waals surface area (Å²) in [6.45, 7) is 3.79. The smallest absolute Gasteiger partial charge is 0.322 e. The second-order valence-electron chi connectivity index (χ2n) is 6.66. The van der Waals surface area contributed by atoms with Crippen molar-refractivity contribution in [3.05, 3.63) is 53.6 Å². The molecule has 0 saturated carbocycles. The van der Waals surface area contributed by atoms with E-state index < -0.39 is 11.6 Å². The summed E-state index contributed by atoms with van der Waals surface area (Å²) in [5.41, 5.74) is 1.14. The SMILES string of the molecule is O=C(Nc1ccc(F)cc1F)N1CC[NH+](Cc2ccc3c(c2)OCO3)CC1. The number of urea groups is 1. The zero-order chi connectivity index (χ0) is 18.8. The van der Waals surface area contributed by atoms with E-state index in [0.717, 1.165) is 48.8 Å². The number of anilines is 1. The summed E-state index contributed by atoms with van der Waals surface area (Å²) < 4.78 is 37.4. The van der Waals surface area contributed by atoms with Crippen LogP contribution >= 0.6 is 0 Å². The summed E-state index contributed by atoms with van der Waals surface area (Å²) in [6.07, 6.45) is 0. The monoisotopic (exact) mass is 376 g/mol. The number of nitrogens with one attached hydrogen (secondary N) is 2. The predicted octanol–water partition coefficient (Wildman–Crippen LogP) is 1.63. The van der Waals surface area contributed by atoms with Crippen LogP contribution in [0.25, 0.3) is 0 Å². The lowest BCUT2D eigenvalue weighted by molar-refractivity contribution is -0.917. The topological polar surface area (TPSA) is 55.2 Å². The van der Waals surface area contributed by atoms with Crippen molar-refractivity contribution in [1.82, 2.24) is 4.90 Å². The van der Waals surface area contributed by atoms with Gasteiger partial charge in [-0.25, -0.2) is 13.6 Å². The largest absolute Gasteiger partial charge is 0.454 e. The fourth-order valence-corrected chi connectivity index (χ4v) is 3.33. The van der Waals surface area contributed by atoms with E-state index in [9.17, 15) is 13.6 Å². The number of hydrogen-bond acceptors (Lipinski definition) is 3. The van der Waals surface area contributed by atoms with Crippen LogP contribution in [0.1, 0.15) is 5.56 Å². The van der Waals surface area contributed by atoms with Gasteiger partial charge >= 0.3 is 6.03 Å². The minimum Gasteiger partial charge on any atom is -0.454 e. The van der Waals surface area contributed by atoms with Crippen molar-refractivity contribution >= 4 is 11.7 Å². The quantitative estimate of drug-likeness (QED) is 0.856. The number of halogens is 2. The standard InChI is InChI=1S/C19H19F2N3O3/c20-14-2-3-16(15(21)10-14)22-19(25)24-7-5-23(6-8-24)11-13-1-4-17-18(9-13)27-12-26-17/h1-4,9-10H,5-8,11-12H2,(H,22,25)/p+1. The molecule has 0 unspecified atom stereocenters. The van der Waals surface area contributed by atoms with Crippen molar-refractivity contribution in [1.29, 1.82) is 0 Å². The minimum absolute atomic E-state index is 0.0171. The van der Waals surface area contributed by atoms with Gasteiger partial charge in [0.15, 0.2) is 11.5 Å². The van der Waals surface area contributed by atoms with Crippen molar-refractivity contribution in [3.63, 3.8) is 0 Å². The van der Waals surface area contributed by atoms with Crippen LogP contribution in [0.3, 0.4) is 0 Å². The molecule has 2 heterocycles. The van der Waals surface area contributed by atoms with Gasteiger partial charge in [0.05, 0.1) is 31.9 Å². The summed E-state index contributed by atoms with van der Waals surface area (Å²) in [4.78, 5) is 15.3. The maximum absolute atomic E-state index is 13.7. The Morgan fingerprint density at radius 1 is 1.07 bits per heavy atom. The number of piperazine rings is 1. The van der Waals surface area contributed by atoms with Crippen LogP contribution < -0.4 is 19.7 Å². The molecule has 4 rings (SSSR count). The van der Waals surface area contributed by atoms with Gasteiger partial charge < -0.3 is 24.6 Å². The zero-order valence-corrected chi connectivity index (χ0v) is 14.6. The molecule has 0 aliphatic carbocycles. The lowest BCUT2D eigenvalue weighted by Gasteiger charge is -2.32. The summed E-state index contributed by atoms with van der Waals surface area (Å²) in [7, 11) is 0. The van der Waals surface area contributed by atoms with E-state index in [1.54, 1.807) is 4.90 Å². The van der Waals surface area contributed by atoms with Crippen LogP contribution in [0.4, 0.5) is 19.3 Å². The maximum Gasteiger partial charge on any atom is 0.322 e. The fourth-order valence-electron chi connectivity index (χ4n) is 3.33. The highest BCUT2D eigenvalue weighted by molar-refractivity contribution is 5.89. The first-order valence-electron chi connectivity index (χ1n) is 8.81. The predicted molar refractivity (Wildman–Crippen MR) is 93.9 cm³/mol. The molecule has 6 nitrogen and oxygen atoms in total. The lowest BCUT2D eigenvalue weighted by atomic mass is 10.1. The third-order valence-corrected chi connectivity index (χ3v) is 4.82. The van der Waals surface area contributed by atoms with E-state index in [-0.39, 0.29) is 18.5 Å². The summed E-state index contributed by atoms with van der Waals surface area (Å²) >= 11 is 0. The highest BCUT2D eigenvalue weighted by Gasteiger charge is 2.25. The van der Waals surface area contributed by atoms with Crippen molar-refractivity contribution < 1.29 is 27.9 Å². The van der Waals surface area contributed by atoms with Crippen LogP contribution in [0.2, 0.25) is 0 Å². The third-order valence-electron chi connectivity index (χ3n) is 4.82. The van der Waals surface area contributed by atoms with E-state index in [1.165, 1.54) is 11.0 Å². The molecule has 0 aromatic heterocycles. The Bertz CT molecular complexity index is 854. The van der Waals surface area contributed by atoms with Crippen molar-refractivity contribution in [2.24, 2.45) is 0 Å². The molecule has 2 amide bonds. The second kappa shape index (κ2) is 7.40. The van der Waals surface area contributed by atoms with Gasteiger partial charge in [0, 0.05) is 11.6 Å². The highest BCUT2D eigenvalue weighted by atomic mass is 19.1. The highest BCUT2D eigenvalue weighted by Crippen LogP contribution is 2.32. The Balaban J connectivity index is 1.30. The number of quaternary nitrogens is 1. The average Bonchev–Trinajstić information content (AvgIpc) is 3.12. The number of carbonyl (C=O) groups is 1. The molecule has 27 heavy (non-hydrogen) atoms. The lowest BCUT2D eigenvalue weighted by Crippen LogP contribution is -3.13. The fraction of sp³-hybridized carbons (Fsp3) is 0.316. The van der Waals surface area contributed by atoms with Crippen LogP contribution in [0, 0.1) is 11.6 Å². The Morgan fingerprint density at radius 2 is 1.85 bits per heavy atom. The molecule has 2 aliphatic rings. The Hall–Kier alpha value is -2.87. The first-order chi connectivity index (χ1) is 13.1. The second-order valence-corrected chi connectivity index (χ2v) is 6.66. The Labute approximate surface area is 155 Å². The van der Waals surface area contributed by atoms with Gasteiger partial charge in [-0.3, -0.25) is 0 Å². The zero-order valence-electron chi connectivity index (χ0n) is 14.6. The number of amides is 2. The van der Waals surface area contributed by atoms with Gasteiger partial charge in [-0.15, -0.1) is 0 Å². The van der Waals surface area contributed by atoms with Crippen LogP contribution in [-0.2, 0) is 6.54 Å². The third kappa shape index (κ3) is 3.95. The molecular weight excluding hydrogens is 356 g/mol. The van der Waals surface area contributed by atoms with Gasteiger partial charge in [0.2, 0.25) is 6.79 Å². The van der Waals surface area contributed by atoms with E-state index in [4.69, 9.17) is 9.47 Å². The van der Waals surface area contributed by atoms with Crippen molar-refractivity contribution in [3.8, 4) is 11.5 Å². The molecule has 0 atom stereocenters. The van der Waals surface area contributed by atoms with Crippen LogP contribution in [0.5, 0.6) is 11.5 Å². The normalized spacial score (nSPS) is 16.4. The van der Waals surface area contributed by atoms with Crippen LogP contribution in [-0.4, -0.2) is 43.9 Å². The van der Waals surface area contributed by atoms with Gasteiger partial charge in [0.25, 0.3) is 0 Å². The van der Waals surface area contributed by atoms with E-state index >= 15 is 0 Å². The first-order valence-corrected chi connectivity index (χ1v) is 8.81. The van der Waals surface area contributed by atoms with Crippen molar-refractivity contribution in [2.45, 2.75) is 6.54 Å². The molecule has 0 spiro atoms. The number of ether oxygens (including phenoxy) is 2. The number of benzene rings is 2. The van der Waals surface area contributed by atoms with Crippen molar-refractivity contribution in [2.75, 3.05) is 38.3 Å². The molecule has 8 heteroatoms. The van der Waals surface area contributed by atoms with E-state index in [1.807, 2.05) is 18.2 Å². The number of fused-ring (bicyclic) bond motifs is 1. The molecule has 142 valence electrons. The van der Waals surface area contributed by atoms with Gasteiger partial charge in [0.1, 0.15) is 18.2 Å². The number of hydrogen-bond donors (Lipinski definition) is 2. The Kier molecular flexibility index (Phi) is 4.81. The number of nitrogens with zero attached hydrogens (tertiary/aromatic N) is 1. The summed E-state index contributed by atoms with van der Waals surface area (Å²) in [5.74, 6) is 0.0798. The van der Waals surface area contributed by atoms with Gasteiger partial charge in [-0.05, 0) is 30.3 Å². The van der Waals surface area contributed by atoms with Crippen LogP contribution in [0.15, 0.2) is 36.4 Å². The molecule has 0 radical (unpaired) electrons. The number of rotatable bonds is 3. The summed E-state index contributed by atoms with van der Waals surface area (Å²) in [6, 6.07) is 8.65. The van der Waals surface area contributed by atoms with E-state index in [0.29, 0.717) is 13.1 Å². The Morgan fingerprint density at radius 3 is 2.63 bits per heavy atom. The molecule has 1 fully saturated rings. The number of carbonyl (C=O) groups excluding carboxylic acids is 1. The molecule has 2 aliphatic heterocycles. The van der Waals surface area contributed by atoms with E-state index in [2.05, 4.69) is 5.32 Å². The molecule has 2 aromatic carbocycles. The van der Waals surface area contributed by atoms with Gasteiger partial charge in [-0.1, -0.05) is 0 Å². The van der Waals surface area contributed by atoms with Gasteiger partial charge in [-0.2, -0.15) is 0 Å². The minimum atomic E-state index is -0.782. The maximum atomic E-state index is 13.7.